The van der Waals surface area contributed by atoms with Crippen LogP contribution in [0.4, 0.5) is 36.4 Å². The van der Waals surface area contributed by atoms with Gasteiger partial charge in [0.2, 0.25) is 0 Å². The third-order valence-corrected chi connectivity index (χ3v) is 3.47. The van der Waals surface area contributed by atoms with Crippen LogP contribution in [-0.2, 0) is 5.60 Å². The highest BCUT2D eigenvalue weighted by Gasteiger charge is 2.73. The van der Waals surface area contributed by atoms with Crippen LogP contribution >= 0.6 is 0 Å². The topological polar surface area (TPSA) is 23.5 Å². The SMILES string of the molecule is CN(C)c1cccc(C(C)(O)CC(F)(C(F)(F)F)C(F)(F)F)c1. The molecule has 0 bridgehead atoms. The monoisotopic (exact) mass is 347 g/mol. The second-order valence-electron chi connectivity index (χ2n) is 5.69. The molecule has 23 heavy (non-hydrogen) atoms. The van der Waals surface area contributed by atoms with Gasteiger partial charge in [0.15, 0.2) is 0 Å². The molecule has 0 radical (unpaired) electrons. The van der Waals surface area contributed by atoms with Gasteiger partial charge in [-0.05, 0) is 24.6 Å². The maximum atomic E-state index is 13.8. The van der Waals surface area contributed by atoms with Gasteiger partial charge in [0.05, 0.1) is 5.60 Å². The molecule has 132 valence electrons. The Bertz CT molecular complexity index is 535. The summed E-state index contributed by atoms with van der Waals surface area (Å²) in [5, 5.41) is 10.1. The van der Waals surface area contributed by atoms with Crippen molar-refractivity contribution in [3.05, 3.63) is 29.8 Å². The molecule has 1 N–H and O–H groups in total. The van der Waals surface area contributed by atoms with Crippen molar-refractivity contribution < 1.29 is 35.8 Å². The van der Waals surface area contributed by atoms with E-state index >= 15 is 0 Å². The second-order valence-corrected chi connectivity index (χ2v) is 5.69. The normalized spacial score (nSPS) is 16.1. The Balaban J connectivity index is 3.30. The van der Waals surface area contributed by atoms with E-state index in [1.165, 1.54) is 23.1 Å². The molecule has 0 fully saturated rings. The number of benzene rings is 1. The zero-order valence-electron chi connectivity index (χ0n) is 12.6. The van der Waals surface area contributed by atoms with E-state index in [2.05, 4.69) is 0 Å². The molecule has 1 rings (SSSR count). The zero-order valence-corrected chi connectivity index (χ0v) is 12.6. The Labute approximate surface area is 128 Å². The first kappa shape index (κ1) is 19.5. The van der Waals surface area contributed by atoms with Gasteiger partial charge in [-0.1, -0.05) is 12.1 Å². The van der Waals surface area contributed by atoms with Gasteiger partial charge in [-0.25, -0.2) is 4.39 Å². The van der Waals surface area contributed by atoms with Gasteiger partial charge in [0, 0.05) is 26.2 Å². The molecule has 0 saturated heterocycles. The summed E-state index contributed by atoms with van der Waals surface area (Å²) in [5.74, 6) is 0. The van der Waals surface area contributed by atoms with Gasteiger partial charge >= 0.3 is 18.0 Å². The number of hydrogen-bond acceptors (Lipinski definition) is 2. The first-order valence-corrected chi connectivity index (χ1v) is 6.44. The third-order valence-electron chi connectivity index (χ3n) is 3.47. The summed E-state index contributed by atoms with van der Waals surface area (Å²) in [6.45, 7) is 0.716. The fraction of sp³-hybridized carbons (Fsp3) is 0.571. The number of halogens is 7. The molecule has 0 aliphatic heterocycles. The molecule has 0 spiro atoms. The highest BCUT2D eigenvalue weighted by molar-refractivity contribution is 5.48. The minimum Gasteiger partial charge on any atom is -0.385 e. The number of alkyl halides is 7. The van der Waals surface area contributed by atoms with E-state index in [1.54, 1.807) is 14.1 Å². The van der Waals surface area contributed by atoms with Crippen molar-refractivity contribution in [2.24, 2.45) is 0 Å². The van der Waals surface area contributed by atoms with Crippen molar-refractivity contribution in [2.75, 3.05) is 19.0 Å². The number of nitrogens with zero attached hydrogens (tertiary/aromatic N) is 1. The quantitative estimate of drug-likeness (QED) is 0.826. The molecule has 0 saturated carbocycles. The molecule has 0 aliphatic carbocycles. The Morgan fingerprint density at radius 1 is 0.957 bits per heavy atom. The summed E-state index contributed by atoms with van der Waals surface area (Å²) in [4.78, 5) is 1.54. The average Bonchev–Trinajstić information content (AvgIpc) is 2.35. The van der Waals surface area contributed by atoms with Gasteiger partial charge in [0.25, 0.3) is 0 Å². The molecule has 2 nitrogen and oxygen atoms in total. The van der Waals surface area contributed by atoms with Gasteiger partial charge < -0.3 is 10.0 Å². The zero-order chi connectivity index (χ0) is 18.3. The largest absolute Gasteiger partial charge is 0.431 e. The Hall–Kier alpha value is -1.51. The summed E-state index contributed by atoms with van der Waals surface area (Å²) in [7, 11) is 3.19. The lowest BCUT2D eigenvalue weighted by Crippen LogP contribution is -2.56. The van der Waals surface area contributed by atoms with Crippen LogP contribution in [0, 0.1) is 0 Å². The Kier molecular flexibility index (Phi) is 4.97. The van der Waals surface area contributed by atoms with Crippen molar-refractivity contribution in [3.63, 3.8) is 0 Å². The van der Waals surface area contributed by atoms with E-state index in [9.17, 15) is 35.8 Å². The van der Waals surface area contributed by atoms with Crippen molar-refractivity contribution in [2.45, 2.75) is 37.0 Å². The molecule has 0 heterocycles. The summed E-state index contributed by atoms with van der Waals surface area (Å²) in [6.07, 6.45) is -14.6. The predicted octanol–water partition coefficient (Wildman–Crippen LogP) is 4.18. The third kappa shape index (κ3) is 3.88. The summed E-state index contributed by atoms with van der Waals surface area (Å²) >= 11 is 0. The van der Waals surface area contributed by atoms with E-state index in [0.717, 1.165) is 6.07 Å². The minimum absolute atomic E-state index is 0.251. The van der Waals surface area contributed by atoms with Crippen LogP contribution in [0.1, 0.15) is 18.9 Å². The maximum Gasteiger partial charge on any atom is 0.431 e. The van der Waals surface area contributed by atoms with Crippen molar-refractivity contribution in [1.82, 2.24) is 0 Å². The molecule has 1 unspecified atom stereocenters. The molecule has 1 aromatic rings. The molecule has 0 amide bonds. The average molecular weight is 347 g/mol. The Morgan fingerprint density at radius 2 is 1.43 bits per heavy atom. The lowest BCUT2D eigenvalue weighted by atomic mass is 9.83. The molecule has 1 atom stereocenters. The van der Waals surface area contributed by atoms with Crippen molar-refractivity contribution in [1.29, 1.82) is 0 Å². The van der Waals surface area contributed by atoms with Gasteiger partial charge in [-0.3, -0.25) is 0 Å². The van der Waals surface area contributed by atoms with Crippen LogP contribution in [-0.4, -0.2) is 37.2 Å². The van der Waals surface area contributed by atoms with Gasteiger partial charge in [-0.2, -0.15) is 26.3 Å². The number of hydrogen-bond donors (Lipinski definition) is 1. The molecular weight excluding hydrogens is 331 g/mol. The fourth-order valence-electron chi connectivity index (χ4n) is 2.06. The van der Waals surface area contributed by atoms with E-state index in [4.69, 9.17) is 0 Å². The fourth-order valence-corrected chi connectivity index (χ4v) is 2.06. The van der Waals surface area contributed by atoms with Crippen molar-refractivity contribution >= 4 is 5.69 Å². The predicted molar refractivity (Wildman–Crippen MR) is 70.9 cm³/mol. The number of rotatable bonds is 4. The van der Waals surface area contributed by atoms with Crippen LogP contribution < -0.4 is 4.90 Å². The van der Waals surface area contributed by atoms with Gasteiger partial charge in [0.1, 0.15) is 0 Å². The smallest absolute Gasteiger partial charge is 0.385 e. The molecular formula is C14H16F7NO. The summed E-state index contributed by atoms with van der Waals surface area (Å²) < 4.78 is 89.7. The standard InChI is InChI=1S/C14H16F7NO/c1-11(23,9-5-4-6-10(7-9)22(2)3)8-12(15,13(16,17)18)14(19,20)21/h4-7,23H,8H2,1-3H3. The van der Waals surface area contributed by atoms with Gasteiger partial charge in [-0.15, -0.1) is 0 Å². The lowest BCUT2D eigenvalue weighted by Gasteiger charge is -2.36. The van der Waals surface area contributed by atoms with E-state index in [-0.39, 0.29) is 5.56 Å². The highest BCUT2D eigenvalue weighted by atomic mass is 19.4. The van der Waals surface area contributed by atoms with E-state index in [0.29, 0.717) is 12.6 Å². The minimum atomic E-state index is -6.20. The van der Waals surface area contributed by atoms with E-state index in [1.807, 2.05) is 0 Å². The van der Waals surface area contributed by atoms with Crippen LogP contribution in [0.3, 0.4) is 0 Å². The second kappa shape index (κ2) is 5.85. The summed E-state index contributed by atoms with van der Waals surface area (Å²) in [5.41, 5.74) is -8.01. The number of anilines is 1. The van der Waals surface area contributed by atoms with Crippen LogP contribution in [0.5, 0.6) is 0 Å². The van der Waals surface area contributed by atoms with Crippen LogP contribution in [0.15, 0.2) is 24.3 Å². The van der Waals surface area contributed by atoms with Crippen LogP contribution in [0.25, 0.3) is 0 Å². The molecule has 0 aromatic heterocycles. The van der Waals surface area contributed by atoms with Crippen LogP contribution in [0.2, 0.25) is 0 Å². The highest BCUT2D eigenvalue weighted by Crippen LogP contribution is 2.51. The lowest BCUT2D eigenvalue weighted by molar-refractivity contribution is -0.352. The van der Waals surface area contributed by atoms with E-state index < -0.39 is 30.0 Å². The number of aliphatic hydroxyl groups is 1. The first-order chi connectivity index (χ1) is 10.1. The Morgan fingerprint density at radius 3 is 1.83 bits per heavy atom. The van der Waals surface area contributed by atoms with Crippen molar-refractivity contribution in [3.8, 4) is 0 Å². The molecule has 0 aliphatic rings. The molecule has 1 aromatic carbocycles. The molecule has 9 heteroatoms. The first-order valence-electron chi connectivity index (χ1n) is 6.44. The maximum absolute atomic E-state index is 13.8. The summed E-state index contributed by atoms with van der Waals surface area (Å²) in [6, 6.07) is 5.23.